The SMILES string of the molecule is O=CNC1(Cc2ccccc2)CCOCC1. The summed E-state index contributed by atoms with van der Waals surface area (Å²) in [5.74, 6) is 0. The van der Waals surface area contributed by atoms with Crippen LogP contribution < -0.4 is 5.32 Å². The van der Waals surface area contributed by atoms with Crippen LogP contribution in [-0.4, -0.2) is 25.2 Å². The molecule has 0 bridgehead atoms. The molecule has 1 aromatic rings. The maximum absolute atomic E-state index is 10.7. The molecule has 1 aliphatic rings. The second kappa shape index (κ2) is 5.12. The van der Waals surface area contributed by atoms with Crippen LogP contribution in [0.2, 0.25) is 0 Å². The first-order chi connectivity index (χ1) is 7.85. The summed E-state index contributed by atoms with van der Waals surface area (Å²) in [6.07, 6.45) is 3.48. The van der Waals surface area contributed by atoms with Crippen LogP contribution in [0.25, 0.3) is 0 Å². The number of rotatable bonds is 4. The van der Waals surface area contributed by atoms with E-state index in [0.717, 1.165) is 38.9 Å². The molecule has 0 saturated carbocycles. The fraction of sp³-hybridized carbons (Fsp3) is 0.462. The maximum atomic E-state index is 10.7. The smallest absolute Gasteiger partial charge is 0.207 e. The largest absolute Gasteiger partial charge is 0.381 e. The van der Waals surface area contributed by atoms with E-state index < -0.39 is 0 Å². The first-order valence-electron chi connectivity index (χ1n) is 5.68. The lowest BCUT2D eigenvalue weighted by Gasteiger charge is -2.37. The van der Waals surface area contributed by atoms with Gasteiger partial charge < -0.3 is 10.1 Å². The quantitative estimate of drug-likeness (QED) is 0.780. The van der Waals surface area contributed by atoms with E-state index in [1.165, 1.54) is 5.56 Å². The van der Waals surface area contributed by atoms with Crippen molar-refractivity contribution in [2.24, 2.45) is 0 Å². The maximum Gasteiger partial charge on any atom is 0.207 e. The zero-order chi connectivity index (χ0) is 11.3. The highest BCUT2D eigenvalue weighted by atomic mass is 16.5. The lowest BCUT2D eigenvalue weighted by molar-refractivity contribution is -0.112. The topological polar surface area (TPSA) is 38.3 Å². The predicted octanol–water partition coefficient (Wildman–Crippen LogP) is 1.52. The number of hydrogen-bond acceptors (Lipinski definition) is 2. The molecular formula is C13H17NO2. The van der Waals surface area contributed by atoms with Gasteiger partial charge in [-0.05, 0) is 24.8 Å². The number of hydrogen-bond donors (Lipinski definition) is 1. The fourth-order valence-electron chi connectivity index (χ4n) is 2.25. The summed E-state index contributed by atoms with van der Waals surface area (Å²) in [5, 5.41) is 2.99. The molecule has 86 valence electrons. The first-order valence-corrected chi connectivity index (χ1v) is 5.68. The average Bonchev–Trinajstić information content (AvgIpc) is 2.31. The highest BCUT2D eigenvalue weighted by Crippen LogP contribution is 2.24. The van der Waals surface area contributed by atoms with E-state index in [-0.39, 0.29) is 5.54 Å². The molecule has 16 heavy (non-hydrogen) atoms. The Balaban J connectivity index is 2.10. The summed E-state index contributed by atoms with van der Waals surface area (Å²) in [6, 6.07) is 10.3. The van der Waals surface area contributed by atoms with Crippen molar-refractivity contribution in [2.45, 2.75) is 24.8 Å². The molecule has 1 aliphatic heterocycles. The van der Waals surface area contributed by atoms with Crippen LogP contribution in [0.1, 0.15) is 18.4 Å². The minimum Gasteiger partial charge on any atom is -0.381 e. The van der Waals surface area contributed by atoms with Crippen molar-refractivity contribution in [3.63, 3.8) is 0 Å². The van der Waals surface area contributed by atoms with E-state index >= 15 is 0 Å². The number of carbonyl (C=O) groups excluding carboxylic acids is 1. The molecule has 0 atom stereocenters. The third-order valence-electron chi connectivity index (χ3n) is 3.20. The number of carbonyl (C=O) groups is 1. The van der Waals surface area contributed by atoms with Crippen LogP contribution in [0.15, 0.2) is 30.3 Å². The van der Waals surface area contributed by atoms with Gasteiger partial charge in [0.25, 0.3) is 0 Å². The molecule has 3 heteroatoms. The Morgan fingerprint density at radius 3 is 2.56 bits per heavy atom. The molecule has 0 aliphatic carbocycles. The highest BCUT2D eigenvalue weighted by molar-refractivity contribution is 5.48. The summed E-state index contributed by atoms with van der Waals surface area (Å²) in [6.45, 7) is 1.46. The van der Waals surface area contributed by atoms with Crippen LogP contribution in [0.4, 0.5) is 0 Å². The minimum atomic E-state index is -0.110. The molecule has 0 radical (unpaired) electrons. The van der Waals surface area contributed by atoms with Gasteiger partial charge in [-0.1, -0.05) is 30.3 Å². The highest BCUT2D eigenvalue weighted by Gasteiger charge is 2.31. The number of benzene rings is 1. The van der Waals surface area contributed by atoms with Gasteiger partial charge in [0, 0.05) is 18.8 Å². The van der Waals surface area contributed by atoms with E-state index in [0.29, 0.717) is 0 Å². The van der Waals surface area contributed by atoms with E-state index in [1.807, 2.05) is 18.2 Å². The summed E-state index contributed by atoms with van der Waals surface area (Å²) in [4.78, 5) is 10.7. The monoisotopic (exact) mass is 219 g/mol. The first kappa shape index (κ1) is 11.1. The lowest BCUT2D eigenvalue weighted by Crippen LogP contribution is -2.50. The Morgan fingerprint density at radius 2 is 1.94 bits per heavy atom. The Hall–Kier alpha value is -1.35. The van der Waals surface area contributed by atoms with Crippen molar-refractivity contribution in [2.75, 3.05) is 13.2 Å². The Labute approximate surface area is 95.8 Å². The molecule has 1 heterocycles. The molecule has 1 aromatic carbocycles. The summed E-state index contributed by atoms with van der Waals surface area (Å²) >= 11 is 0. The molecule has 2 rings (SSSR count). The third-order valence-corrected chi connectivity index (χ3v) is 3.20. The molecule has 1 N–H and O–H groups in total. The van der Waals surface area contributed by atoms with E-state index in [9.17, 15) is 4.79 Å². The Bertz CT molecular complexity index is 331. The Morgan fingerprint density at radius 1 is 1.25 bits per heavy atom. The zero-order valence-electron chi connectivity index (χ0n) is 9.32. The summed E-state index contributed by atoms with van der Waals surface area (Å²) in [7, 11) is 0. The summed E-state index contributed by atoms with van der Waals surface area (Å²) in [5.41, 5.74) is 1.15. The summed E-state index contributed by atoms with van der Waals surface area (Å²) < 4.78 is 5.35. The van der Waals surface area contributed by atoms with Gasteiger partial charge in [0.15, 0.2) is 0 Å². The molecular weight excluding hydrogens is 202 g/mol. The predicted molar refractivity (Wildman–Crippen MR) is 62.1 cm³/mol. The number of ether oxygens (including phenoxy) is 1. The van der Waals surface area contributed by atoms with Crippen molar-refractivity contribution in [1.29, 1.82) is 0 Å². The molecule has 3 nitrogen and oxygen atoms in total. The van der Waals surface area contributed by atoms with Crippen LogP contribution in [0.5, 0.6) is 0 Å². The van der Waals surface area contributed by atoms with Gasteiger partial charge in [0.1, 0.15) is 0 Å². The van der Waals surface area contributed by atoms with Crippen molar-refractivity contribution in [3.8, 4) is 0 Å². The Kier molecular flexibility index (Phi) is 3.57. The second-order valence-electron chi connectivity index (χ2n) is 4.32. The molecule has 1 fully saturated rings. The van der Waals surface area contributed by atoms with Crippen molar-refractivity contribution in [1.82, 2.24) is 5.32 Å². The van der Waals surface area contributed by atoms with Crippen molar-refractivity contribution >= 4 is 6.41 Å². The van der Waals surface area contributed by atoms with E-state index in [2.05, 4.69) is 17.4 Å². The average molecular weight is 219 g/mol. The van der Waals surface area contributed by atoms with E-state index in [1.54, 1.807) is 0 Å². The van der Waals surface area contributed by atoms with Crippen molar-refractivity contribution in [3.05, 3.63) is 35.9 Å². The standard InChI is InChI=1S/C13H17NO2/c15-11-14-13(6-8-16-9-7-13)10-12-4-2-1-3-5-12/h1-5,11H,6-10H2,(H,14,15). The van der Waals surface area contributed by atoms with Gasteiger partial charge >= 0.3 is 0 Å². The lowest BCUT2D eigenvalue weighted by atomic mass is 9.84. The van der Waals surface area contributed by atoms with Crippen LogP contribution >= 0.6 is 0 Å². The van der Waals surface area contributed by atoms with Gasteiger partial charge in [0.2, 0.25) is 6.41 Å². The van der Waals surface area contributed by atoms with Gasteiger partial charge in [-0.2, -0.15) is 0 Å². The molecule has 0 unspecified atom stereocenters. The molecule has 1 saturated heterocycles. The van der Waals surface area contributed by atoms with Gasteiger partial charge in [0.05, 0.1) is 0 Å². The normalized spacial score (nSPS) is 19.0. The van der Waals surface area contributed by atoms with Crippen LogP contribution in [-0.2, 0) is 16.0 Å². The number of amides is 1. The van der Waals surface area contributed by atoms with Gasteiger partial charge in [-0.25, -0.2) is 0 Å². The van der Waals surface area contributed by atoms with Gasteiger partial charge in [-0.3, -0.25) is 4.79 Å². The van der Waals surface area contributed by atoms with Crippen molar-refractivity contribution < 1.29 is 9.53 Å². The third kappa shape index (κ3) is 2.61. The number of nitrogens with one attached hydrogen (secondary N) is 1. The van der Waals surface area contributed by atoms with Crippen LogP contribution in [0.3, 0.4) is 0 Å². The molecule has 0 spiro atoms. The van der Waals surface area contributed by atoms with Crippen LogP contribution in [0, 0.1) is 0 Å². The molecule has 1 amide bonds. The zero-order valence-corrected chi connectivity index (χ0v) is 9.32. The molecule has 0 aromatic heterocycles. The minimum absolute atomic E-state index is 0.110. The van der Waals surface area contributed by atoms with E-state index in [4.69, 9.17) is 4.74 Å². The van der Waals surface area contributed by atoms with Gasteiger partial charge in [-0.15, -0.1) is 0 Å². The second-order valence-corrected chi connectivity index (χ2v) is 4.32. The fourth-order valence-corrected chi connectivity index (χ4v) is 2.25.